The van der Waals surface area contributed by atoms with Crippen LogP contribution in [0.4, 0.5) is 0 Å². The Hall–Kier alpha value is -7.06. The predicted molar refractivity (Wildman–Crippen MR) is 657 cm³/mol. The molecule has 13 rings (SSSR count). The van der Waals surface area contributed by atoms with Crippen molar-refractivity contribution in [3.63, 3.8) is 0 Å². The lowest BCUT2D eigenvalue weighted by Crippen LogP contribution is -1.95. The van der Waals surface area contributed by atoms with Gasteiger partial charge in [-0.05, 0) is 318 Å². The Labute approximate surface area is 919 Å². The van der Waals surface area contributed by atoms with Gasteiger partial charge in [-0.3, -0.25) is 9.97 Å². The van der Waals surface area contributed by atoms with Crippen LogP contribution in [0.1, 0.15) is 555 Å². The van der Waals surface area contributed by atoms with Crippen LogP contribution < -0.4 is 0 Å². The van der Waals surface area contributed by atoms with Gasteiger partial charge in [0.2, 0.25) is 0 Å². The van der Waals surface area contributed by atoms with Gasteiger partial charge in [-0.1, -0.05) is 508 Å². The summed E-state index contributed by atoms with van der Waals surface area (Å²) < 4.78 is 0. The van der Waals surface area contributed by atoms with Gasteiger partial charge >= 0.3 is 0 Å². The van der Waals surface area contributed by atoms with Gasteiger partial charge in [0.15, 0.2) is 0 Å². The predicted octanol–water partition coefficient (Wildman–Crippen LogP) is 48.4. The van der Waals surface area contributed by atoms with Crippen LogP contribution in [0.5, 0.6) is 0 Å². The SMILES string of the molecule is CC(C)c1cc(Cl)c(C(C)C)c(Cl)c1.CC(C)c1cc(Cl)c(C(C)C)c(Cl)c1.CC(C)c1ccc(C(C)C)c(Cl)c1.CC(C)c1ccc(C(C)C)c(Cl)c1.CC(C)c1ccc(C(C)C)nc1.CC(C)c1ccc(C(C)C)nc1.CC(C)c1ccc(C(C)C)s1.CC(C)c1ccc2c(C(C)C)cccc2c1.CC(C)c1ccc2cc(C(C)C)ccc2c1.CC(C)c1cccc(C(C)C)c1.CC(C)c1csc(C(C)C)c1. The highest BCUT2D eigenvalue weighted by atomic mass is 35.5. The first-order valence-corrected chi connectivity index (χ1v) is 57.9. The Kier molecular flexibility index (Phi) is 59.3. The molecule has 0 radical (unpaired) electrons. The average molecular weight is 2110 g/mol. The van der Waals surface area contributed by atoms with Crippen molar-refractivity contribution >= 4 is 114 Å². The van der Waals surface area contributed by atoms with Crippen molar-refractivity contribution in [2.75, 3.05) is 0 Å². The third-order valence-electron chi connectivity index (χ3n) is 25.8. The van der Waals surface area contributed by atoms with Crippen LogP contribution in [0, 0.1) is 0 Å². The molecular weight excluding hydrogens is 1910 g/mol. The second-order valence-electron chi connectivity index (χ2n) is 45.7. The summed E-state index contributed by atoms with van der Waals surface area (Å²) >= 11 is 40.9. The zero-order valence-electron chi connectivity index (χ0n) is 97.5. The molecule has 0 unspecified atom stereocenters. The van der Waals surface area contributed by atoms with E-state index in [-0.39, 0.29) is 0 Å². The first kappa shape index (κ1) is 131. The molecule has 0 fully saturated rings. The van der Waals surface area contributed by atoms with Gasteiger partial charge in [0, 0.05) is 68.5 Å². The lowest BCUT2D eigenvalue weighted by molar-refractivity contribution is 0.802. The van der Waals surface area contributed by atoms with Gasteiger partial charge in [0.1, 0.15) is 0 Å². The summed E-state index contributed by atoms with van der Waals surface area (Å²) in [4.78, 5) is 13.3. The molecule has 0 spiro atoms. The molecule has 0 atom stereocenters. The molecule has 4 aromatic heterocycles. The maximum atomic E-state index is 6.19. The zero-order chi connectivity index (χ0) is 109. The fourth-order valence-electron chi connectivity index (χ4n) is 15.3. The molecule has 0 saturated carbocycles. The number of hydrogen-bond donors (Lipinski definition) is 0. The summed E-state index contributed by atoms with van der Waals surface area (Å²) in [6, 6.07) is 72.3. The summed E-state index contributed by atoms with van der Waals surface area (Å²) in [6.07, 6.45) is 3.97. The Balaban J connectivity index is 0.000000408. The van der Waals surface area contributed by atoms with Crippen LogP contribution in [0.25, 0.3) is 21.5 Å². The zero-order valence-corrected chi connectivity index (χ0v) is 104. The molecule has 0 N–H and O–H groups in total. The summed E-state index contributed by atoms with van der Waals surface area (Å²) in [5, 5.41) is 12.7. The highest BCUT2D eigenvalue weighted by molar-refractivity contribution is 7.12. The van der Waals surface area contributed by atoms with Crippen molar-refractivity contribution in [2.45, 2.75) is 435 Å². The van der Waals surface area contributed by atoms with E-state index in [1.165, 1.54) is 131 Å². The minimum absolute atomic E-state index is 0.371. The van der Waals surface area contributed by atoms with E-state index >= 15 is 0 Å². The van der Waals surface area contributed by atoms with E-state index in [9.17, 15) is 0 Å². The minimum Gasteiger partial charge on any atom is -0.261 e. The number of thiophene rings is 2. The molecule has 0 bridgehead atoms. The fraction of sp³-hybridized carbons (Fsp3) is 0.493. The summed E-state index contributed by atoms with van der Waals surface area (Å²) in [5.41, 5.74) is 24.7. The average Bonchev–Trinajstić information content (AvgIpc) is 1.30. The van der Waals surface area contributed by atoms with Crippen molar-refractivity contribution in [1.82, 2.24) is 9.97 Å². The molecule has 144 heavy (non-hydrogen) atoms. The van der Waals surface area contributed by atoms with Gasteiger partial charge in [-0.15, -0.1) is 22.7 Å². The second kappa shape index (κ2) is 65.1. The van der Waals surface area contributed by atoms with E-state index in [0.29, 0.717) is 130 Å². The first-order chi connectivity index (χ1) is 67.1. The monoisotopic (exact) mass is 2100 g/mol. The maximum absolute atomic E-state index is 6.19. The highest BCUT2D eigenvalue weighted by Crippen LogP contribution is 2.40. The van der Waals surface area contributed by atoms with Gasteiger partial charge < -0.3 is 0 Å². The third-order valence-corrected chi connectivity index (χ3v) is 30.6. The van der Waals surface area contributed by atoms with Crippen molar-refractivity contribution in [2.24, 2.45) is 0 Å². The standard InChI is InChI=1S/2C16H20.2C12H16Cl2.2C12H17Cl.C12H18.2C11H17N.2C10H16S/c1-11(2)13-5-7-16-10-14(12(3)4)6-8-15(16)9-13;1-11(2)13-8-9-16-14(10-13)6-5-7-15(16)12(3)4;2*1-7(2)9-5-10(13)12(8(3)4)11(14)6-9;2*1-8(2)10-5-6-11(9(3)4)12(13)7-10;1-9(2)11-6-5-7-12(8-11)10(3)4;2*1-8(2)10-5-6-11(9(3)4)12-7-10;1-7(2)9-5-10(8(3)4)11-6-9;1-7(2)9-5-6-10(11-9)8(3)4/h2*5-12H,1-4H3;2*5-8H,1-4H3;2*5-9H,1-4H3;5-10H,1-4H3;2*5-9H,1-4H3;2*5-8H,1-4H3. The van der Waals surface area contributed by atoms with Crippen molar-refractivity contribution in [3.8, 4) is 0 Å². The largest absolute Gasteiger partial charge is 0.261 e. The van der Waals surface area contributed by atoms with Crippen molar-refractivity contribution in [1.29, 1.82) is 0 Å². The van der Waals surface area contributed by atoms with Gasteiger partial charge in [-0.25, -0.2) is 0 Å². The number of pyridine rings is 2. The van der Waals surface area contributed by atoms with Crippen LogP contribution in [0.2, 0.25) is 30.1 Å². The van der Waals surface area contributed by atoms with Crippen LogP contribution in [-0.2, 0) is 0 Å². The summed E-state index contributed by atoms with van der Waals surface area (Å²) in [7, 11) is 0. The number of benzene rings is 9. The van der Waals surface area contributed by atoms with Gasteiger partial charge in [-0.2, -0.15) is 0 Å². The molecule has 2 nitrogen and oxygen atoms in total. The topological polar surface area (TPSA) is 25.8 Å². The molecule has 13 aromatic rings. The van der Waals surface area contributed by atoms with E-state index < -0.39 is 0 Å². The van der Waals surface area contributed by atoms with Crippen LogP contribution in [0.3, 0.4) is 0 Å². The number of halogens is 6. The fourth-order valence-corrected chi connectivity index (χ4v) is 20.1. The summed E-state index contributed by atoms with van der Waals surface area (Å²) in [5.74, 6) is 12.5. The molecular formula is C134H190Cl6N2S2. The van der Waals surface area contributed by atoms with E-state index in [0.717, 1.165) is 41.3 Å². The molecule has 0 amide bonds. The van der Waals surface area contributed by atoms with E-state index in [4.69, 9.17) is 69.6 Å². The van der Waals surface area contributed by atoms with Crippen molar-refractivity contribution < 1.29 is 0 Å². The lowest BCUT2D eigenvalue weighted by atomic mass is 9.93. The van der Waals surface area contributed by atoms with Crippen LogP contribution in [0.15, 0.2) is 218 Å². The molecule has 10 heteroatoms. The van der Waals surface area contributed by atoms with E-state index in [1.807, 2.05) is 59.3 Å². The van der Waals surface area contributed by atoms with Gasteiger partial charge in [0.25, 0.3) is 0 Å². The van der Waals surface area contributed by atoms with Crippen LogP contribution in [-0.4, -0.2) is 9.97 Å². The second-order valence-corrected chi connectivity index (χ2v) is 50.2. The quantitative estimate of drug-likeness (QED) is 0.0676. The number of nitrogens with zero attached hydrogens (tertiary/aromatic N) is 2. The Bertz CT molecular complexity index is 5390. The Morgan fingerprint density at radius 3 is 0.701 bits per heavy atom. The molecule has 0 aliphatic carbocycles. The van der Waals surface area contributed by atoms with Crippen LogP contribution >= 0.6 is 92.3 Å². The number of aromatic nitrogens is 2. The normalized spacial score (nSPS) is 11.4. The molecule has 4 heterocycles. The van der Waals surface area contributed by atoms with Crippen molar-refractivity contribution in [3.05, 3.63) is 369 Å². The van der Waals surface area contributed by atoms with E-state index in [1.54, 1.807) is 0 Å². The molecule has 0 aliphatic rings. The number of rotatable bonds is 22. The molecule has 0 saturated heterocycles. The third kappa shape index (κ3) is 45.0. The minimum atomic E-state index is 0.371. The van der Waals surface area contributed by atoms with E-state index in [2.05, 4.69) is 496 Å². The molecule has 790 valence electrons. The maximum Gasteiger partial charge on any atom is 0.0458 e. The lowest BCUT2D eigenvalue weighted by Gasteiger charge is -2.14. The smallest absolute Gasteiger partial charge is 0.0458 e. The Morgan fingerprint density at radius 1 is 0.181 bits per heavy atom. The molecule has 9 aromatic carbocycles. The number of hydrogen-bond acceptors (Lipinski definition) is 4. The van der Waals surface area contributed by atoms with Gasteiger partial charge in [0.05, 0.1) is 0 Å². The number of fused-ring (bicyclic) bond motifs is 2. The highest BCUT2D eigenvalue weighted by Gasteiger charge is 2.19. The first-order valence-electron chi connectivity index (χ1n) is 53.9. The molecule has 0 aliphatic heterocycles. The summed E-state index contributed by atoms with van der Waals surface area (Å²) in [6.45, 7) is 96.6. The Morgan fingerprint density at radius 2 is 0.451 bits per heavy atom.